The lowest BCUT2D eigenvalue weighted by molar-refractivity contribution is 0.681. The number of anilines is 1. The second kappa shape index (κ2) is 6.87. The Bertz CT molecular complexity index is 451. The highest BCUT2D eigenvalue weighted by atomic mass is 32.1. The average molecular weight is 281 g/mol. The zero-order valence-electron chi connectivity index (χ0n) is 10.8. The quantitative estimate of drug-likeness (QED) is 0.789. The summed E-state index contributed by atoms with van der Waals surface area (Å²) in [6.45, 7) is 5.11. The third-order valence-electron chi connectivity index (χ3n) is 2.57. The molecule has 0 radical (unpaired) electrons. The molecule has 0 fully saturated rings. The molecule has 2 heterocycles. The maximum atomic E-state index is 4.48. The molecule has 0 saturated carbocycles. The van der Waals surface area contributed by atoms with Gasteiger partial charge in [-0.2, -0.15) is 0 Å². The Hall–Kier alpha value is -0.910. The first-order valence-corrected chi connectivity index (χ1v) is 7.88. The van der Waals surface area contributed by atoms with Gasteiger partial charge in [-0.1, -0.05) is 13.0 Å². The van der Waals surface area contributed by atoms with Gasteiger partial charge in [0, 0.05) is 29.5 Å². The van der Waals surface area contributed by atoms with Crippen LogP contribution in [-0.2, 0) is 13.1 Å². The summed E-state index contributed by atoms with van der Waals surface area (Å²) < 4.78 is 0. The van der Waals surface area contributed by atoms with Crippen molar-refractivity contribution in [1.82, 2.24) is 10.3 Å². The molecule has 0 aromatic carbocycles. The molecule has 18 heavy (non-hydrogen) atoms. The monoisotopic (exact) mass is 281 g/mol. The molecule has 3 nitrogen and oxygen atoms in total. The highest BCUT2D eigenvalue weighted by molar-refractivity contribution is 7.15. The summed E-state index contributed by atoms with van der Waals surface area (Å²) in [6.07, 6.45) is 3.15. The molecule has 2 aromatic rings. The van der Waals surface area contributed by atoms with Crippen LogP contribution in [0.25, 0.3) is 0 Å². The van der Waals surface area contributed by atoms with Gasteiger partial charge in [-0.25, -0.2) is 4.98 Å². The van der Waals surface area contributed by atoms with Crippen LogP contribution >= 0.6 is 22.7 Å². The van der Waals surface area contributed by atoms with Crippen molar-refractivity contribution in [3.63, 3.8) is 0 Å². The normalized spacial score (nSPS) is 10.8. The average Bonchev–Trinajstić information content (AvgIpc) is 3.00. The van der Waals surface area contributed by atoms with E-state index in [0.717, 1.165) is 24.8 Å². The summed E-state index contributed by atoms with van der Waals surface area (Å²) >= 11 is 3.56. The maximum Gasteiger partial charge on any atom is 0.185 e. The van der Waals surface area contributed by atoms with E-state index in [1.54, 1.807) is 22.7 Å². The minimum Gasteiger partial charge on any atom is -0.346 e. The lowest BCUT2D eigenvalue weighted by Crippen LogP contribution is -2.15. The van der Waals surface area contributed by atoms with Gasteiger partial charge < -0.3 is 10.2 Å². The predicted octanol–water partition coefficient (Wildman–Crippen LogP) is 3.34. The Kier molecular flexibility index (Phi) is 5.16. The summed E-state index contributed by atoms with van der Waals surface area (Å²) in [4.78, 5) is 9.37. The fraction of sp³-hybridized carbons (Fsp3) is 0.462. The number of thiazole rings is 1. The molecule has 0 aliphatic rings. The van der Waals surface area contributed by atoms with E-state index in [1.807, 2.05) is 6.20 Å². The van der Waals surface area contributed by atoms with Crippen molar-refractivity contribution in [3.05, 3.63) is 33.5 Å². The third kappa shape index (κ3) is 3.80. The standard InChI is InChI=1S/C13H19N3S2/c1-3-6-14-8-12-9-15-13(18-12)16(2)10-11-5-4-7-17-11/h4-5,7,9,14H,3,6,8,10H2,1-2H3. The van der Waals surface area contributed by atoms with E-state index < -0.39 is 0 Å². The number of thiophene rings is 1. The first-order chi connectivity index (χ1) is 8.79. The van der Waals surface area contributed by atoms with Gasteiger partial charge in [0.15, 0.2) is 5.13 Å². The number of hydrogen-bond acceptors (Lipinski definition) is 5. The highest BCUT2D eigenvalue weighted by Gasteiger charge is 2.07. The van der Waals surface area contributed by atoms with Gasteiger partial charge in [-0.3, -0.25) is 0 Å². The molecule has 5 heteroatoms. The van der Waals surface area contributed by atoms with Crippen LogP contribution in [0.15, 0.2) is 23.7 Å². The largest absolute Gasteiger partial charge is 0.346 e. The Morgan fingerprint density at radius 2 is 2.28 bits per heavy atom. The van der Waals surface area contributed by atoms with Crippen LogP contribution in [0.5, 0.6) is 0 Å². The summed E-state index contributed by atoms with van der Waals surface area (Å²) in [7, 11) is 2.10. The number of nitrogens with zero attached hydrogens (tertiary/aromatic N) is 2. The van der Waals surface area contributed by atoms with E-state index in [9.17, 15) is 0 Å². The molecule has 2 aromatic heterocycles. The molecular formula is C13H19N3S2. The first kappa shape index (κ1) is 13.5. The maximum absolute atomic E-state index is 4.48. The highest BCUT2D eigenvalue weighted by Crippen LogP contribution is 2.23. The molecule has 0 unspecified atom stereocenters. The molecule has 0 saturated heterocycles. The van der Waals surface area contributed by atoms with Crippen molar-refractivity contribution >= 4 is 27.8 Å². The smallest absolute Gasteiger partial charge is 0.185 e. The zero-order chi connectivity index (χ0) is 12.8. The molecule has 1 N–H and O–H groups in total. The van der Waals surface area contributed by atoms with Gasteiger partial charge in [-0.15, -0.1) is 22.7 Å². The van der Waals surface area contributed by atoms with Crippen molar-refractivity contribution in [2.45, 2.75) is 26.4 Å². The molecule has 98 valence electrons. The molecule has 0 atom stereocenters. The van der Waals surface area contributed by atoms with Crippen LogP contribution < -0.4 is 10.2 Å². The van der Waals surface area contributed by atoms with Gasteiger partial charge in [0.25, 0.3) is 0 Å². The molecule has 0 spiro atoms. The molecule has 0 aliphatic carbocycles. The van der Waals surface area contributed by atoms with E-state index in [4.69, 9.17) is 0 Å². The number of nitrogens with one attached hydrogen (secondary N) is 1. The van der Waals surface area contributed by atoms with Crippen LogP contribution in [0.3, 0.4) is 0 Å². The number of hydrogen-bond donors (Lipinski definition) is 1. The Balaban J connectivity index is 1.88. The minimum absolute atomic E-state index is 0.929. The van der Waals surface area contributed by atoms with Gasteiger partial charge in [0.1, 0.15) is 0 Å². The second-order valence-electron chi connectivity index (χ2n) is 4.22. The predicted molar refractivity (Wildman–Crippen MR) is 80.5 cm³/mol. The summed E-state index contributed by atoms with van der Waals surface area (Å²) in [5, 5.41) is 6.61. The fourth-order valence-electron chi connectivity index (χ4n) is 1.65. The van der Waals surface area contributed by atoms with Crippen molar-refractivity contribution < 1.29 is 0 Å². The van der Waals surface area contributed by atoms with Crippen molar-refractivity contribution in [2.75, 3.05) is 18.5 Å². The van der Waals surface area contributed by atoms with E-state index in [-0.39, 0.29) is 0 Å². The van der Waals surface area contributed by atoms with Crippen molar-refractivity contribution in [2.24, 2.45) is 0 Å². The van der Waals surface area contributed by atoms with Crippen LogP contribution in [0.2, 0.25) is 0 Å². The van der Waals surface area contributed by atoms with Crippen molar-refractivity contribution in [1.29, 1.82) is 0 Å². The lowest BCUT2D eigenvalue weighted by atomic mass is 10.4. The Labute approximate surface area is 116 Å². The summed E-state index contributed by atoms with van der Waals surface area (Å²) in [6, 6.07) is 4.26. The van der Waals surface area contributed by atoms with E-state index >= 15 is 0 Å². The molecule has 0 aliphatic heterocycles. The lowest BCUT2D eigenvalue weighted by Gasteiger charge is -2.13. The second-order valence-corrected chi connectivity index (χ2v) is 6.35. The Morgan fingerprint density at radius 1 is 1.39 bits per heavy atom. The topological polar surface area (TPSA) is 28.2 Å². The van der Waals surface area contributed by atoms with E-state index in [1.165, 1.54) is 16.2 Å². The molecule has 0 amide bonds. The number of aromatic nitrogens is 1. The van der Waals surface area contributed by atoms with Gasteiger partial charge >= 0.3 is 0 Å². The van der Waals surface area contributed by atoms with Crippen LogP contribution in [-0.4, -0.2) is 18.6 Å². The SMILES string of the molecule is CCCNCc1cnc(N(C)Cc2cccs2)s1. The first-order valence-electron chi connectivity index (χ1n) is 6.18. The van der Waals surface area contributed by atoms with Gasteiger partial charge in [-0.05, 0) is 24.4 Å². The van der Waals surface area contributed by atoms with Gasteiger partial charge in [0.05, 0.1) is 6.54 Å². The zero-order valence-corrected chi connectivity index (χ0v) is 12.5. The third-order valence-corrected chi connectivity index (χ3v) is 4.54. The van der Waals surface area contributed by atoms with Crippen LogP contribution in [0, 0.1) is 0 Å². The van der Waals surface area contributed by atoms with E-state index in [2.05, 4.69) is 46.7 Å². The van der Waals surface area contributed by atoms with Crippen molar-refractivity contribution in [3.8, 4) is 0 Å². The molecule has 0 bridgehead atoms. The number of rotatable bonds is 7. The van der Waals surface area contributed by atoms with Gasteiger partial charge in [0.2, 0.25) is 0 Å². The fourth-order valence-corrected chi connectivity index (χ4v) is 3.24. The minimum atomic E-state index is 0.929. The summed E-state index contributed by atoms with van der Waals surface area (Å²) in [5.74, 6) is 0. The summed E-state index contributed by atoms with van der Waals surface area (Å²) in [5.41, 5.74) is 0. The molecular weight excluding hydrogens is 262 g/mol. The van der Waals surface area contributed by atoms with E-state index in [0.29, 0.717) is 0 Å². The van der Waals surface area contributed by atoms with Crippen LogP contribution in [0.4, 0.5) is 5.13 Å². The Morgan fingerprint density at radius 3 is 3.00 bits per heavy atom. The molecule has 2 rings (SSSR count). The van der Waals surface area contributed by atoms with Crippen LogP contribution in [0.1, 0.15) is 23.1 Å².